The number of carbonyl (C=O) groups excluding carboxylic acids is 1. The molecule has 8 nitrogen and oxygen atoms in total. The van der Waals surface area contributed by atoms with Crippen molar-refractivity contribution in [3.05, 3.63) is 82.5 Å². The first-order chi connectivity index (χ1) is 14.6. The van der Waals surface area contributed by atoms with Gasteiger partial charge in [-0.05, 0) is 42.0 Å². The molecule has 1 N–H and O–H groups in total. The molecule has 0 saturated heterocycles. The van der Waals surface area contributed by atoms with E-state index in [0.29, 0.717) is 29.0 Å². The number of carbonyl (C=O) groups is 1. The van der Waals surface area contributed by atoms with E-state index in [0.717, 1.165) is 16.9 Å². The third-order valence-electron chi connectivity index (χ3n) is 4.30. The Kier molecular flexibility index (Phi) is 5.76. The molecule has 0 unspecified atom stereocenters. The predicted molar refractivity (Wildman–Crippen MR) is 108 cm³/mol. The molecule has 0 saturated carbocycles. The Labute approximate surface area is 176 Å². The number of rotatable bonds is 7. The summed E-state index contributed by atoms with van der Waals surface area (Å²) in [6, 6.07) is 16.0. The molecule has 1 amide bonds. The van der Waals surface area contributed by atoms with Gasteiger partial charge in [0.15, 0.2) is 11.5 Å². The number of nitrogens with zero attached hydrogens (tertiary/aromatic N) is 3. The summed E-state index contributed by atoms with van der Waals surface area (Å²) < 4.78 is 15.6. The van der Waals surface area contributed by atoms with E-state index >= 15 is 0 Å². The molecule has 2 aromatic heterocycles. The highest BCUT2D eigenvalue weighted by molar-refractivity contribution is 6.30. The van der Waals surface area contributed by atoms with Gasteiger partial charge in [-0.25, -0.2) is 0 Å². The summed E-state index contributed by atoms with van der Waals surface area (Å²) in [7, 11) is 1.60. The van der Waals surface area contributed by atoms with E-state index in [1.165, 1.54) is 0 Å². The molecule has 152 valence electrons. The van der Waals surface area contributed by atoms with E-state index in [2.05, 4.69) is 20.6 Å². The molecular formula is C21H17ClN4O4. The Morgan fingerprint density at radius 1 is 1.07 bits per heavy atom. The van der Waals surface area contributed by atoms with Crippen LogP contribution in [0.2, 0.25) is 5.02 Å². The first-order valence-electron chi connectivity index (χ1n) is 9.06. The maximum Gasteiger partial charge on any atom is 0.273 e. The molecule has 2 heterocycles. The van der Waals surface area contributed by atoms with Crippen LogP contribution >= 0.6 is 11.6 Å². The molecule has 30 heavy (non-hydrogen) atoms. The number of hydrogen-bond acceptors (Lipinski definition) is 7. The SMILES string of the molecule is COc1ccc(CNC(=O)c2cc(Cc3noc(-c4ccc(Cl)cc4)n3)on2)cc1. The summed E-state index contributed by atoms with van der Waals surface area (Å²) in [4.78, 5) is 16.6. The molecule has 0 aliphatic rings. The minimum atomic E-state index is -0.337. The number of hydrogen-bond donors (Lipinski definition) is 1. The highest BCUT2D eigenvalue weighted by atomic mass is 35.5. The van der Waals surface area contributed by atoms with Crippen LogP contribution in [-0.2, 0) is 13.0 Å². The largest absolute Gasteiger partial charge is 0.497 e. The Morgan fingerprint density at radius 2 is 1.83 bits per heavy atom. The van der Waals surface area contributed by atoms with E-state index in [9.17, 15) is 4.79 Å². The van der Waals surface area contributed by atoms with E-state index in [1.807, 2.05) is 24.3 Å². The third-order valence-corrected chi connectivity index (χ3v) is 4.55. The van der Waals surface area contributed by atoms with Crippen molar-refractivity contribution in [2.45, 2.75) is 13.0 Å². The normalized spacial score (nSPS) is 10.7. The molecule has 0 aliphatic heterocycles. The number of amides is 1. The zero-order valence-electron chi connectivity index (χ0n) is 16.0. The van der Waals surface area contributed by atoms with Crippen LogP contribution in [0.1, 0.15) is 27.6 Å². The summed E-state index contributed by atoms with van der Waals surface area (Å²) in [6.45, 7) is 0.361. The number of nitrogens with one attached hydrogen (secondary N) is 1. The summed E-state index contributed by atoms with van der Waals surface area (Å²) >= 11 is 5.89. The minimum Gasteiger partial charge on any atom is -0.497 e. The highest BCUT2D eigenvalue weighted by Crippen LogP contribution is 2.20. The van der Waals surface area contributed by atoms with Crippen molar-refractivity contribution < 1.29 is 18.6 Å². The van der Waals surface area contributed by atoms with Crippen LogP contribution in [0, 0.1) is 0 Å². The lowest BCUT2D eigenvalue weighted by Gasteiger charge is -2.04. The van der Waals surface area contributed by atoms with Gasteiger partial charge in [-0.15, -0.1) is 0 Å². The Balaban J connectivity index is 1.35. The number of ether oxygens (including phenoxy) is 1. The Bertz CT molecular complexity index is 1140. The first-order valence-corrected chi connectivity index (χ1v) is 9.44. The van der Waals surface area contributed by atoms with E-state index in [4.69, 9.17) is 25.4 Å². The van der Waals surface area contributed by atoms with Gasteiger partial charge in [0.05, 0.1) is 13.5 Å². The lowest BCUT2D eigenvalue weighted by molar-refractivity contribution is 0.0941. The second-order valence-electron chi connectivity index (χ2n) is 6.41. The van der Waals surface area contributed by atoms with E-state index in [-0.39, 0.29) is 18.0 Å². The van der Waals surface area contributed by atoms with E-state index < -0.39 is 0 Å². The van der Waals surface area contributed by atoms with Crippen LogP contribution in [0.3, 0.4) is 0 Å². The standard InChI is InChI=1S/C21H17ClN4O4/c1-28-16-8-2-13(3-9-16)12-23-20(27)18-10-17(29-25-18)11-19-24-21(30-26-19)14-4-6-15(22)7-5-14/h2-10H,11-12H2,1H3,(H,23,27). The lowest BCUT2D eigenvalue weighted by Crippen LogP contribution is -2.23. The highest BCUT2D eigenvalue weighted by Gasteiger charge is 2.16. The number of aromatic nitrogens is 3. The van der Waals surface area contributed by atoms with Crippen molar-refractivity contribution in [3.63, 3.8) is 0 Å². The van der Waals surface area contributed by atoms with Crippen LogP contribution in [0.5, 0.6) is 5.75 Å². The van der Waals surface area contributed by atoms with Crippen molar-refractivity contribution in [2.75, 3.05) is 7.11 Å². The fourth-order valence-corrected chi connectivity index (χ4v) is 2.84. The Hall–Kier alpha value is -3.65. The van der Waals surface area contributed by atoms with Crippen LogP contribution in [0.15, 0.2) is 63.6 Å². The maximum atomic E-state index is 12.3. The fraction of sp³-hybridized carbons (Fsp3) is 0.143. The third kappa shape index (κ3) is 4.66. The van der Waals surface area contributed by atoms with Gasteiger partial charge < -0.3 is 19.1 Å². The smallest absolute Gasteiger partial charge is 0.273 e. The maximum absolute atomic E-state index is 12.3. The van der Waals surface area contributed by atoms with Crippen molar-refractivity contribution in [2.24, 2.45) is 0 Å². The molecule has 0 aliphatic carbocycles. The molecule has 0 atom stereocenters. The minimum absolute atomic E-state index is 0.180. The molecule has 0 spiro atoms. The second-order valence-corrected chi connectivity index (χ2v) is 6.85. The van der Waals surface area contributed by atoms with Crippen molar-refractivity contribution in [1.29, 1.82) is 0 Å². The average molecular weight is 425 g/mol. The molecule has 9 heteroatoms. The summed E-state index contributed by atoms with van der Waals surface area (Å²) in [5.74, 6) is 1.66. The molecule has 0 radical (unpaired) electrons. The molecule has 0 bridgehead atoms. The van der Waals surface area contributed by atoms with Crippen molar-refractivity contribution in [3.8, 4) is 17.2 Å². The van der Waals surface area contributed by atoms with Gasteiger partial charge in [-0.3, -0.25) is 4.79 Å². The molecule has 4 aromatic rings. The van der Waals surface area contributed by atoms with Gasteiger partial charge in [0, 0.05) is 23.2 Å². The zero-order valence-corrected chi connectivity index (χ0v) is 16.7. The quantitative estimate of drug-likeness (QED) is 0.479. The van der Waals surface area contributed by atoms with Crippen LogP contribution < -0.4 is 10.1 Å². The topological polar surface area (TPSA) is 103 Å². The summed E-state index contributed by atoms with van der Waals surface area (Å²) in [6.07, 6.45) is 0.246. The van der Waals surface area contributed by atoms with Gasteiger partial charge in [0.25, 0.3) is 11.8 Å². The molecular weight excluding hydrogens is 408 g/mol. The number of benzene rings is 2. The van der Waals surface area contributed by atoms with Gasteiger partial charge in [0.2, 0.25) is 0 Å². The van der Waals surface area contributed by atoms with Crippen LogP contribution in [0.25, 0.3) is 11.5 Å². The van der Waals surface area contributed by atoms with Crippen LogP contribution in [0.4, 0.5) is 0 Å². The number of methoxy groups -OCH3 is 1. The monoisotopic (exact) mass is 424 g/mol. The summed E-state index contributed by atoms with van der Waals surface area (Å²) in [5.41, 5.74) is 1.88. The van der Waals surface area contributed by atoms with Crippen molar-refractivity contribution in [1.82, 2.24) is 20.6 Å². The van der Waals surface area contributed by atoms with Crippen molar-refractivity contribution >= 4 is 17.5 Å². The molecule has 0 fully saturated rings. The van der Waals surface area contributed by atoms with Crippen LogP contribution in [-0.4, -0.2) is 28.3 Å². The fourth-order valence-electron chi connectivity index (χ4n) is 2.71. The lowest BCUT2D eigenvalue weighted by atomic mass is 10.2. The average Bonchev–Trinajstić information content (AvgIpc) is 3.43. The Morgan fingerprint density at radius 3 is 2.57 bits per heavy atom. The van der Waals surface area contributed by atoms with E-state index in [1.54, 1.807) is 37.4 Å². The number of halogens is 1. The zero-order chi connectivity index (χ0) is 20.9. The molecule has 4 rings (SSSR count). The predicted octanol–water partition coefficient (Wildman–Crippen LogP) is 3.91. The van der Waals surface area contributed by atoms with Gasteiger partial charge in [0.1, 0.15) is 11.5 Å². The van der Waals surface area contributed by atoms with Gasteiger partial charge >= 0.3 is 0 Å². The van der Waals surface area contributed by atoms with Gasteiger partial charge in [-0.2, -0.15) is 4.98 Å². The first kappa shape index (κ1) is 19.7. The van der Waals surface area contributed by atoms with Gasteiger partial charge in [-0.1, -0.05) is 34.0 Å². The second kappa shape index (κ2) is 8.79. The molecule has 2 aromatic carbocycles. The summed E-state index contributed by atoms with van der Waals surface area (Å²) in [5, 5.41) is 11.2.